The Morgan fingerprint density at radius 2 is 2.06 bits per heavy atom. The molecule has 100 valence electrons. The van der Waals surface area contributed by atoms with Crippen LogP contribution in [0.1, 0.15) is 20.8 Å². The molecule has 0 bridgehead atoms. The zero-order valence-corrected chi connectivity index (χ0v) is 11.0. The first-order valence-electron chi connectivity index (χ1n) is 6.04. The number of amides is 1. The van der Waals surface area contributed by atoms with Gasteiger partial charge in [0.25, 0.3) is 5.91 Å². The summed E-state index contributed by atoms with van der Waals surface area (Å²) in [5.74, 6) is 0.181. The van der Waals surface area contributed by atoms with Gasteiger partial charge in [-0.25, -0.2) is 0 Å². The summed E-state index contributed by atoms with van der Waals surface area (Å²) in [6, 6.07) is 4.72. The van der Waals surface area contributed by atoms with Crippen LogP contribution in [0.3, 0.4) is 0 Å². The molecule has 1 amide bonds. The van der Waals surface area contributed by atoms with Crippen LogP contribution < -0.4 is 10.5 Å². The second kappa shape index (κ2) is 6.14. The number of likely N-dealkylation sites (N-methyl/N-ethyl adjacent to an activating group) is 1. The Morgan fingerprint density at radius 1 is 1.44 bits per heavy atom. The predicted molar refractivity (Wildman–Crippen MR) is 70.5 cm³/mol. The van der Waals surface area contributed by atoms with E-state index in [2.05, 4.69) is 0 Å². The van der Waals surface area contributed by atoms with E-state index < -0.39 is 6.10 Å². The molecule has 1 aromatic rings. The molecule has 18 heavy (non-hydrogen) atoms. The number of nitrogens with two attached hydrogens (primary N) is 1. The smallest absolute Gasteiger partial charge is 0.263 e. The second-order valence-corrected chi connectivity index (χ2v) is 3.96. The number of phenols is 1. The molecule has 1 rings (SSSR count). The molecule has 0 fully saturated rings. The fourth-order valence-corrected chi connectivity index (χ4v) is 1.67. The van der Waals surface area contributed by atoms with E-state index in [1.165, 1.54) is 6.07 Å². The summed E-state index contributed by atoms with van der Waals surface area (Å²) in [4.78, 5) is 13.7. The van der Waals surface area contributed by atoms with Crippen molar-refractivity contribution in [2.75, 3.05) is 18.8 Å². The molecule has 1 aromatic carbocycles. The van der Waals surface area contributed by atoms with E-state index in [-0.39, 0.29) is 17.3 Å². The number of phenolic OH excluding ortho intramolecular Hbond substituents is 1. The van der Waals surface area contributed by atoms with Gasteiger partial charge in [-0.15, -0.1) is 0 Å². The maximum atomic E-state index is 12.0. The van der Waals surface area contributed by atoms with Crippen LogP contribution in [0.25, 0.3) is 0 Å². The highest BCUT2D eigenvalue weighted by molar-refractivity contribution is 5.81. The van der Waals surface area contributed by atoms with Crippen molar-refractivity contribution in [2.45, 2.75) is 26.9 Å². The minimum Gasteiger partial charge on any atom is -0.506 e. The number of hydrogen-bond acceptors (Lipinski definition) is 4. The molecule has 0 spiro atoms. The number of nitrogens with zero attached hydrogens (tertiary/aromatic N) is 1. The van der Waals surface area contributed by atoms with Crippen LogP contribution in [-0.2, 0) is 4.79 Å². The molecule has 0 saturated carbocycles. The van der Waals surface area contributed by atoms with Crippen LogP contribution in [-0.4, -0.2) is 35.1 Å². The number of carbonyl (C=O) groups is 1. The quantitative estimate of drug-likeness (QED) is 0.616. The molecule has 0 aliphatic rings. The number of anilines is 1. The summed E-state index contributed by atoms with van der Waals surface area (Å²) in [6.07, 6.45) is -0.631. The van der Waals surface area contributed by atoms with Crippen LogP contribution in [0.4, 0.5) is 5.69 Å². The summed E-state index contributed by atoms with van der Waals surface area (Å²) in [5.41, 5.74) is 5.82. The molecular formula is C13H20N2O3. The minimum absolute atomic E-state index is 0.0463. The Labute approximate surface area is 107 Å². The zero-order chi connectivity index (χ0) is 13.7. The van der Waals surface area contributed by atoms with E-state index in [0.29, 0.717) is 18.8 Å². The maximum Gasteiger partial charge on any atom is 0.263 e. The molecule has 0 aliphatic carbocycles. The summed E-state index contributed by atoms with van der Waals surface area (Å²) >= 11 is 0. The first kappa shape index (κ1) is 14.2. The minimum atomic E-state index is -0.631. The lowest BCUT2D eigenvalue weighted by Gasteiger charge is -2.23. The Hall–Kier alpha value is -1.91. The zero-order valence-electron chi connectivity index (χ0n) is 11.0. The van der Waals surface area contributed by atoms with Crippen molar-refractivity contribution in [1.82, 2.24) is 4.90 Å². The van der Waals surface area contributed by atoms with Crippen molar-refractivity contribution in [3.05, 3.63) is 18.2 Å². The summed E-state index contributed by atoms with van der Waals surface area (Å²) in [6.45, 7) is 6.77. The van der Waals surface area contributed by atoms with Gasteiger partial charge in [0.15, 0.2) is 6.10 Å². The third kappa shape index (κ3) is 3.06. The van der Waals surface area contributed by atoms with Crippen molar-refractivity contribution in [1.29, 1.82) is 0 Å². The van der Waals surface area contributed by atoms with Gasteiger partial charge in [0.1, 0.15) is 17.2 Å². The van der Waals surface area contributed by atoms with Crippen molar-refractivity contribution < 1.29 is 14.6 Å². The van der Waals surface area contributed by atoms with Crippen molar-refractivity contribution in [3.63, 3.8) is 0 Å². The monoisotopic (exact) mass is 252 g/mol. The van der Waals surface area contributed by atoms with Crippen LogP contribution in [0.5, 0.6) is 11.5 Å². The van der Waals surface area contributed by atoms with Gasteiger partial charge in [-0.2, -0.15) is 0 Å². The highest BCUT2D eigenvalue weighted by Gasteiger charge is 2.20. The third-order valence-corrected chi connectivity index (χ3v) is 2.77. The normalized spacial score (nSPS) is 11.9. The van der Waals surface area contributed by atoms with Crippen LogP contribution in [0.15, 0.2) is 18.2 Å². The van der Waals surface area contributed by atoms with Crippen LogP contribution >= 0.6 is 0 Å². The summed E-state index contributed by atoms with van der Waals surface area (Å²) < 4.78 is 5.50. The average molecular weight is 252 g/mol. The van der Waals surface area contributed by atoms with E-state index in [1.54, 1.807) is 24.0 Å². The Kier molecular flexibility index (Phi) is 4.83. The molecule has 0 aliphatic heterocycles. The summed E-state index contributed by atoms with van der Waals surface area (Å²) in [5, 5.41) is 9.45. The van der Waals surface area contributed by atoms with E-state index in [1.807, 2.05) is 13.8 Å². The van der Waals surface area contributed by atoms with Crippen LogP contribution in [0, 0.1) is 0 Å². The Balaban J connectivity index is 2.78. The second-order valence-electron chi connectivity index (χ2n) is 3.96. The number of nitrogen functional groups attached to an aromatic ring is 1. The van der Waals surface area contributed by atoms with Gasteiger partial charge < -0.3 is 20.5 Å². The average Bonchev–Trinajstić information content (AvgIpc) is 2.36. The molecule has 1 atom stereocenters. The highest BCUT2D eigenvalue weighted by atomic mass is 16.5. The van der Waals surface area contributed by atoms with Gasteiger partial charge >= 0.3 is 0 Å². The van der Waals surface area contributed by atoms with Gasteiger partial charge in [-0.1, -0.05) is 6.07 Å². The maximum absolute atomic E-state index is 12.0. The standard InChI is InChI=1S/C13H20N2O3/c1-4-15(5-2)13(17)9(3)18-11-8-6-7-10(16)12(11)14/h6-9,16H,4-5,14H2,1-3H3. The Morgan fingerprint density at radius 3 is 2.61 bits per heavy atom. The van der Waals surface area contributed by atoms with Gasteiger partial charge in [-0.05, 0) is 32.9 Å². The largest absolute Gasteiger partial charge is 0.506 e. The number of hydrogen-bond donors (Lipinski definition) is 2. The lowest BCUT2D eigenvalue weighted by Crippen LogP contribution is -2.40. The highest BCUT2D eigenvalue weighted by Crippen LogP contribution is 2.30. The molecular weight excluding hydrogens is 232 g/mol. The molecule has 0 aromatic heterocycles. The third-order valence-electron chi connectivity index (χ3n) is 2.77. The molecule has 5 nitrogen and oxygen atoms in total. The molecule has 0 radical (unpaired) electrons. The Bertz CT molecular complexity index is 417. The van der Waals surface area contributed by atoms with Gasteiger partial charge in [0, 0.05) is 13.1 Å². The number of aromatic hydroxyl groups is 1. The first-order chi connectivity index (χ1) is 8.51. The van der Waals surface area contributed by atoms with E-state index in [9.17, 15) is 9.90 Å². The number of rotatable bonds is 5. The predicted octanol–water partition coefficient (Wildman–Crippen LogP) is 1.61. The summed E-state index contributed by atoms with van der Waals surface area (Å²) in [7, 11) is 0. The molecule has 0 heterocycles. The van der Waals surface area contributed by atoms with E-state index in [0.717, 1.165) is 0 Å². The van der Waals surface area contributed by atoms with Gasteiger partial charge in [-0.3, -0.25) is 4.79 Å². The lowest BCUT2D eigenvalue weighted by atomic mass is 10.2. The van der Waals surface area contributed by atoms with Crippen molar-refractivity contribution in [3.8, 4) is 11.5 Å². The molecule has 5 heteroatoms. The molecule has 3 N–H and O–H groups in total. The van der Waals surface area contributed by atoms with E-state index >= 15 is 0 Å². The number of benzene rings is 1. The van der Waals surface area contributed by atoms with Crippen LogP contribution in [0.2, 0.25) is 0 Å². The lowest BCUT2D eigenvalue weighted by molar-refractivity contribution is -0.137. The fraction of sp³-hybridized carbons (Fsp3) is 0.462. The fourth-order valence-electron chi connectivity index (χ4n) is 1.67. The topological polar surface area (TPSA) is 75.8 Å². The van der Waals surface area contributed by atoms with Gasteiger partial charge in [0.2, 0.25) is 0 Å². The molecule has 0 saturated heterocycles. The first-order valence-corrected chi connectivity index (χ1v) is 6.04. The molecule has 1 unspecified atom stereocenters. The van der Waals surface area contributed by atoms with Crippen molar-refractivity contribution in [2.24, 2.45) is 0 Å². The van der Waals surface area contributed by atoms with E-state index in [4.69, 9.17) is 10.5 Å². The number of ether oxygens (including phenoxy) is 1. The van der Waals surface area contributed by atoms with Crippen molar-refractivity contribution >= 4 is 11.6 Å². The number of carbonyl (C=O) groups excluding carboxylic acids is 1. The van der Waals surface area contributed by atoms with Gasteiger partial charge in [0.05, 0.1) is 0 Å². The SMILES string of the molecule is CCN(CC)C(=O)C(C)Oc1cccc(O)c1N. The number of para-hydroxylation sites is 1.